The number of ether oxygens (including phenoxy) is 1. The van der Waals surface area contributed by atoms with Gasteiger partial charge in [-0.3, -0.25) is 0 Å². The van der Waals surface area contributed by atoms with Crippen LogP contribution in [0.25, 0.3) is 0 Å². The molecule has 2 nitrogen and oxygen atoms in total. The highest BCUT2D eigenvalue weighted by Gasteiger charge is 2.03. The van der Waals surface area contributed by atoms with Crippen molar-refractivity contribution in [3.05, 3.63) is 64.7 Å². The SMILES string of the molecule is NCCOc1ccccc1CCc1ccc(Cl)cc1. The summed E-state index contributed by atoms with van der Waals surface area (Å²) >= 11 is 5.88. The van der Waals surface area contributed by atoms with Crippen molar-refractivity contribution >= 4 is 11.6 Å². The van der Waals surface area contributed by atoms with Gasteiger partial charge in [-0.05, 0) is 42.2 Å². The van der Waals surface area contributed by atoms with E-state index in [0.717, 1.165) is 23.6 Å². The Labute approximate surface area is 119 Å². The molecular weight excluding hydrogens is 258 g/mol. The van der Waals surface area contributed by atoms with E-state index >= 15 is 0 Å². The van der Waals surface area contributed by atoms with Gasteiger partial charge >= 0.3 is 0 Å². The Balaban J connectivity index is 2.00. The zero-order chi connectivity index (χ0) is 13.5. The second-order valence-corrected chi connectivity index (χ2v) is 4.81. The predicted molar refractivity (Wildman–Crippen MR) is 79.9 cm³/mol. The smallest absolute Gasteiger partial charge is 0.122 e. The lowest BCUT2D eigenvalue weighted by Gasteiger charge is -2.10. The number of hydrogen-bond donors (Lipinski definition) is 1. The second kappa shape index (κ2) is 7.17. The van der Waals surface area contributed by atoms with Gasteiger partial charge in [-0.15, -0.1) is 0 Å². The molecule has 0 amide bonds. The number of aryl methyl sites for hydroxylation is 2. The standard InChI is InChI=1S/C16H18ClNO/c17-15-9-6-13(7-10-15)5-8-14-3-1-2-4-16(14)19-12-11-18/h1-4,6-7,9-10H,5,8,11-12,18H2. The molecule has 3 heteroatoms. The van der Waals surface area contributed by atoms with Crippen LogP contribution in [0, 0.1) is 0 Å². The van der Waals surface area contributed by atoms with E-state index < -0.39 is 0 Å². The van der Waals surface area contributed by atoms with E-state index in [1.165, 1.54) is 11.1 Å². The van der Waals surface area contributed by atoms with Gasteiger partial charge in [0, 0.05) is 11.6 Å². The molecule has 0 fully saturated rings. The number of para-hydroxylation sites is 1. The topological polar surface area (TPSA) is 35.2 Å². The minimum absolute atomic E-state index is 0.533. The summed E-state index contributed by atoms with van der Waals surface area (Å²) in [5.41, 5.74) is 7.96. The minimum atomic E-state index is 0.533. The Hall–Kier alpha value is -1.51. The van der Waals surface area contributed by atoms with Crippen LogP contribution in [0.3, 0.4) is 0 Å². The first-order valence-corrected chi connectivity index (χ1v) is 6.82. The molecule has 0 aromatic heterocycles. The summed E-state index contributed by atoms with van der Waals surface area (Å²) in [4.78, 5) is 0. The Morgan fingerprint density at radius 1 is 0.947 bits per heavy atom. The van der Waals surface area contributed by atoms with Gasteiger partial charge in [-0.2, -0.15) is 0 Å². The van der Waals surface area contributed by atoms with E-state index in [4.69, 9.17) is 22.1 Å². The van der Waals surface area contributed by atoms with Crippen molar-refractivity contribution in [1.82, 2.24) is 0 Å². The Bertz CT molecular complexity index is 510. The number of hydrogen-bond acceptors (Lipinski definition) is 2. The number of halogens is 1. The van der Waals surface area contributed by atoms with Crippen LogP contribution in [0.4, 0.5) is 0 Å². The van der Waals surface area contributed by atoms with Crippen molar-refractivity contribution < 1.29 is 4.74 Å². The molecule has 0 spiro atoms. The van der Waals surface area contributed by atoms with Crippen LogP contribution >= 0.6 is 11.6 Å². The van der Waals surface area contributed by atoms with Crippen molar-refractivity contribution in [2.45, 2.75) is 12.8 Å². The van der Waals surface area contributed by atoms with Crippen molar-refractivity contribution in [3.8, 4) is 5.75 Å². The van der Waals surface area contributed by atoms with Crippen molar-refractivity contribution in [3.63, 3.8) is 0 Å². The van der Waals surface area contributed by atoms with Gasteiger partial charge in [0.1, 0.15) is 12.4 Å². The highest BCUT2D eigenvalue weighted by atomic mass is 35.5. The highest BCUT2D eigenvalue weighted by molar-refractivity contribution is 6.30. The molecule has 0 heterocycles. The van der Waals surface area contributed by atoms with Crippen LogP contribution in [0.5, 0.6) is 5.75 Å². The lowest BCUT2D eigenvalue weighted by molar-refractivity contribution is 0.325. The fourth-order valence-corrected chi connectivity index (χ4v) is 2.08. The molecule has 0 saturated carbocycles. The number of benzene rings is 2. The zero-order valence-corrected chi connectivity index (χ0v) is 11.6. The van der Waals surface area contributed by atoms with Gasteiger partial charge < -0.3 is 10.5 Å². The Kier molecular flexibility index (Phi) is 5.25. The fourth-order valence-electron chi connectivity index (χ4n) is 1.95. The molecule has 2 aromatic rings. The average Bonchev–Trinajstić information content (AvgIpc) is 2.45. The average molecular weight is 276 g/mol. The van der Waals surface area contributed by atoms with Gasteiger partial charge in [-0.1, -0.05) is 41.9 Å². The first-order chi connectivity index (χ1) is 9.29. The van der Waals surface area contributed by atoms with Gasteiger partial charge in [0.15, 0.2) is 0 Å². The van der Waals surface area contributed by atoms with Gasteiger partial charge in [0.25, 0.3) is 0 Å². The van der Waals surface area contributed by atoms with Crippen LogP contribution in [0.2, 0.25) is 5.02 Å². The van der Waals surface area contributed by atoms with Crippen LogP contribution in [-0.2, 0) is 12.8 Å². The third kappa shape index (κ3) is 4.27. The highest BCUT2D eigenvalue weighted by Crippen LogP contribution is 2.20. The first kappa shape index (κ1) is 13.9. The maximum atomic E-state index is 5.88. The Morgan fingerprint density at radius 3 is 2.42 bits per heavy atom. The summed E-state index contributed by atoms with van der Waals surface area (Å²) in [6.45, 7) is 1.09. The number of rotatable bonds is 6. The summed E-state index contributed by atoms with van der Waals surface area (Å²) in [5.74, 6) is 0.932. The van der Waals surface area contributed by atoms with Crippen LogP contribution < -0.4 is 10.5 Å². The second-order valence-electron chi connectivity index (χ2n) is 4.37. The largest absolute Gasteiger partial charge is 0.492 e. The Morgan fingerprint density at radius 2 is 1.68 bits per heavy atom. The maximum absolute atomic E-state index is 5.88. The van der Waals surface area contributed by atoms with E-state index in [9.17, 15) is 0 Å². The minimum Gasteiger partial charge on any atom is -0.492 e. The van der Waals surface area contributed by atoms with Gasteiger partial charge in [-0.25, -0.2) is 0 Å². The molecule has 19 heavy (non-hydrogen) atoms. The van der Waals surface area contributed by atoms with Crippen molar-refractivity contribution in [2.24, 2.45) is 5.73 Å². The van der Waals surface area contributed by atoms with Crippen LogP contribution in [-0.4, -0.2) is 13.2 Å². The molecule has 2 aromatic carbocycles. The molecule has 0 saturated heterocycles. The van der Waals surface area contributed by atoms with E-state index in [2.05, 4.69) is 18.2 Å². The molecule has 2 N–H and O–H groups in total. The molecule has 100 valence electrons. The van der Waals surface area contributed by atoms with Crippen LogP contribution in [0.1, 0.15) is 11.1 Å². The summed E-state index contributed by atoms with van der Waals surface area (Å²) in [7, 11) is 0. The maximum Gasteiger partial charge on any atom is 0.122 e. The predicted octanol–water partition coefficient (Wildman–Crippen LogP) is 3.46. The quantitative estimate of drug-likeness (QED) is 0.876. The summed E-state index contributed by atoms with van der Waals surface area (Å²) in [5, 5.41) is 0.774. The van der Waals surface area contributed by atoms with E-state index in [1.54, 1.807) is 0 Å². The van der Waals surface area contributed by atoms with Crippen molar-refractivity contribution in [2.75, 3.05) is 13.2 Å². The first-order valence-electron chi connectivity index (χ1n) is 6.45. The molecule has 0 radical (unpaired) electrons. The molecule has 2 rings (SSSR count). The van der Waals surface area contributed by atoms with E-state index in [0.29, 0.717) is 13.2 Å². The van der Waals surface area contributed by atoms with E-state index in [1.807, 2.05) is 30.3 Å². The molecule has 0 aliphatic heterocycles. The van der Waals surface area contributed by atoms with Crippen molar-refractivity contribution in [1.29, 1.82) is 0 Å². The molecule has 0 aliphatic rings. The van der Waals surface area contributed by atoms with Gasteiger partial charge in [0.2, 0.25) is 0 Å². The van der Waals surface area contributed by atoms with Gasteiger partial charge in [0.05, 0.1) is 0 Å². The number of nitrogens with two attached hydrogens (primary N) is 1. The molecule has 0 atom stereocenters. The molecule has 0 bridgehead atoms. The lowest BCUT2D eigenvalue weighted by Crippen LogP contribution is -2.11. The summed E-state index contributed by atoms with van der Waals surface area (Å²) < 4.78 is 5.65. The third-order valence-electron chi connectivity index (χ3n) is 2.94. The lowest BCUT2D eigenvalue weighted by atomic mass is 10.0. The molecule has 0 unspecified atom stereocenters. The third-order valence-corrected chi connectivity index (χ3v) is 3.20. The fraction of sp³-hybridized carbons (Fsp3) is 0.250. The normalized spacial score (nSPS) is 10.4. The van der Waals surface area contributed by atoms with E-state index in [-0.39, 0.29) is 0 Å². The van der Waals surface area contributed by atoms with Crippen LogP contribution in [0.15, 0.2) is 48.5 Å². The monoisotopic (exact) mass is 275 g/mol. The summed E-state index contributed by atoms with van der Waals surface area (Å²) in [6, 6.07) is 16.1. The molecule has 0 aliphatic carbocycles. The summed E-state index contributed by atoms with van der Waals surface area (Å²) in [6.07, 6.45) is 1.92. The zero-order valence-electron chi connectivity index (χ0n) is 10.8. The molecular formula is C16H18ClNO.